The second kappa shape index (κ2) is 7.57. The molecule has 2 amide bonds. The lowest BCUT2D eigenvalue weighted by molar-refractivity contribution is -0.133. The van der Waals surface area contributed by atoms with Crippen LogP contribution in [0.5, 0.6) is 0 Å². The Balaban J connectivity index is 2.53. The van der Waals surface area contributed by atoms with Crippen LogP contribution < -0.4 is 5.32 Å². The van der Waals surface area contributed by atoms with E-state index in [4.69, 9.17) is 0 Å². The molecule has 0 aromatic heterocycles. The fourth-order valence-corrected chi connectivity index (χ4v) is 1.58. The first kappa shape index (κ1) is 16.1. The molecule has 110 valence electrons. The van der Waals surface area contributed by atoms with Crippen LogP contribution in [-0.4, -0.2) is 30.3 Å². The summed E-state index contributed by atoms with van der Waals surface area (Å²) in [6, 6.07) is 2.83. The summed E-state index contributed by atoms with van der Waals surface area (Å²) in [5.41, 5.74) is -0.139. The van der Waals surface area contributed by atoms with Gasteiger partial charge in [0.1, 0.15) is 18.1 Å². The molecule has 0 aliphatic carbocycles. The Kier molecular flexibility index (Phi) is 6.09. The van der Waals surface area contributed by atoms with Crippen molar-refractivity contribution in [2.75, 3.05) is 18.9 Å². The highest BCUT2D eigenvalue weighted by molar-refractivity contribution is 6.03. The number of nitrogens with one attached hydrogen (secondary N) is 1. The molecule has 0 unspecified atom stereocenters. The maximum atomic E-state index is 13.3. The Bertz CT molecular complexity index is 492. The molecule has 1 aromatic rings. The van der Waals surface area contributed by atoms with Gasteiger partial charge >= 0.3 is 0 Å². The van der Waals surface area contributed by atoms with Gasteiger partial charge in [0.15, 0.2) is 0 Å². The smallest absolute Gasteiger partial charge is 0.233 e. The van der Waals surface area contributed by atoms with Crippen molar-refractivity contribution in [2.45, 2.75) is 26.2 Å². The minimum absolute atomic E-state index is 0.139. The van der Waals surface area contributed by atoms with Crippen molar-refractivity contribution in [3.05, 3.63) is 29.8 Å². The largest absolute Gasteiger partial charge is 0.345 e. The highest BCUT2D eigenvalue weighted by atomic mass is 19.1. The van der Waals surface area contributed by atoms with E-state index >= 15 is 0 Å². The molecular formula is C14H18F2N2O2. The number of hydrogen-bond acceptors (Lipinski definition) is 2. The summed E-state index contributed by atoms with van der Waals surface area (Å²) in [6.07, 6.45) is 1.44. The van der Waals surface area contributed by atoms with Crippen LogP contribution >= 0.6 is 0 Å². The standard InChI is InChI=1S/C14H18F2N2O2/c1-3-4-7-18(2)14(20)9-13(19)17-12-6-5-10(15)8-11(12)16/h5-6,8H,3-4,7,9H2,1-2H3,(H,17,19). The number of nitrogens with zero attached hydrogens (tertiary/aromatic N) is 1. The fourth-order valence-electron chi connectivity index (χ4n) is 1.58. The Morgan fingerprint density at radius 3 is 2.60 bits per heavy atom. The maximum absolute atomic E-state index is 13.3. The van der Waals surface area contributed by atoms with Crippen LogP contribution in [0.25, 0.3) is 0 Å². The van der Waals surface area contributed by atoms with E-state index in [0.717, 1.165) is 25.0 Å². The highest BCUT2D eigenvalue weighted by Gasteiger charge is 2.15. The molecule has 6 heteroatoms. The Labute approximate surface area is 116 Å². The van der Waals surface area contributed by atoms with Crippen molar-refractivity contribution in [1.29, 1.82) is 0 Å². The van der Waals surface area contributed by atoms with E-state index in [2.05, 4.69) is 5.32 Å². The molecule has 20 heavy (non-hydrogen) atoms. The van der Waals surface area contributed by atoms with Crippen LogP contribution in [-0.2, 0) is 9.59 Å². The Morgan fingerprint density at radius 1 is 1.30 bits per heavy atom. The molecule has 0 radical (unpaired) electrons. The summed E-state index contributed by atoms with van der Waals surface area (Å²) in [6.45, 7) is 2.58. The average molecular weight is 284 g/mol. The molecule has 0 atom stereocenters. The molecule has 1 N–H and O–H groups in total. The van der Waals surface area contributed by atoms with Crippen LogP contribution in [0.15, 0.2) is 18.2 Å². The van der Waals surface area contributed by atoms with E-state index in [0.29, 0.717) is 12.6 Å². The minimum atomic E-state index is -0.870. The van der Waals surface area contributed by atoms with Gasteiger partial charge in [-0.25, -0.2) is 8.78 Å². The van der Waals surface area contributed by atoms with Crippen LogP contribution in [0.4, 0.5) is 14.5 Å². The Hall–Kier alpha value is -1.98. The van der Waals surface area contributed by atoms with Gasteiger partial charge in [0.25, 0.3) is 0 Å². The zero-order valence-electron chi connectivity index (χ0n) is 11.6. The van der Waals surface area contributed by atoms with Gasteiger partial charge in [-0.3, -0.25) is 9.59 Å². The summed E-state index contributed by atoms with van der Waals surface area (Å²) < 4.78 is 26.0. The van der Waals surface area contributed by atoms with Gasteiger partial charge in [0.05, 0.1) is 5.69 Å². The van der Waals surface area contributed by atoms with E-state index in [1.807, 2.05) is 6.92 Å². The molecule has 0 saturated carbocycles. The van der Waals surface area contributed by atoms with Crippen LogP contribution in [0.1, 0.15) is 26.2 Å². The van der Waals surface area contributed by atoms with Crippen LogP contribution in [0, 0.1) is 11.6 Å². The van der Waals surface area contributed by atoms with Gasteiger partial charge in [-0.15, -0.1) is 0 Å². The third-order valence-electron chi connectivity index (χ3n) is 2.79. The number of unbranched alkanes of at least 4 members (excludes halogenated alkanes) is 1. The van der Waals surface area contributed by atoms with Crippen molar-refractivity contribution >= 4 is 17.5 Å². The van der Waals surface area contributed by atoms with Crippen molar-refractivity contribution in [3.8, 4) is 0 Å². The topological polar surface area (TPSA) is 49.4 Å². The second-order valence-corrected chi connectivity index (χ2v) is 4.52. The molecule has 0 aliphatic rings. The van der Waals surface area contributed by atoms with E-state index in [9.17, 15) is 18.4 Å². The monoisotopic (exact) mass is 284 g/mol. The number of anilines is 1. The molecule has 0 aliphatic heterocycles. The van der Waals surface area contributed by atoms with E-state index < -0.39 is 17.5 Å². The maximum Gasteiger partial charge on any atom is 0.233 e. The summed E-state index contributed by atoms with van der Waals surface area (Å²) in [7, 11) is 1.61. The van der Waals surface area contributed by atoms with E-state index in [1.54, 1.807) is 7.05 Å². The first-order valence-electron chi connectivity index (χ1n) is 6.43. The van der Waals surface area contributed by atoms with Gasteiger partial charge in [-0.1, -0.05) is 13.3 Å². The lowest BCUT2D eigenvalue weighted by atomic mass is 10.2. The van der Waals surface area contributed by atoms with Crippen molar-refractivity contribution in [2.24, 2.45) is 0 Å². The first-order valence-corrected chi connectivity index (χ1v) is 6.43. The lowest BCUT2D eigenvalue weighted by Gasteiger charge is -2.16. The molecule has 1 aromatic carbocycles. The quantitative estimate of drug-likeness (QED) is 0.816. The third kappa shape index (κ3) is 4.95. The summed E-state index contributed by atoms with van der Waals surface area (Å²) in [5.74, 6) is -2.55. The third-order valence-corrected chi connectivity index (χ3v) is 2.79. The summed E-state index contributed by atoms with van der Waals surface area (Å²) in [4.78, 5) is 24.8. The predicted octanol–water partition coefficient (Wildman–Crippen LogP) is 2.55. The second-order valence-electron chi connectivity index (χ2n) is 4.52. The zero-order valence-corrected chi connectivity index (χ0v) is 11.6. The van der Waals surface area contributed by atoms with Gasteiger partial charge in [-0.05, 0) is 18.6 Å². The SMILES string of the molecule is CCCCN(C)C(=O)CC(=O)Nc1ccc(F)cc1F. The number of hydrogen-bond donors (Lipinski definition) is 1. The highest BCUT2D eigenvalue weighted by Crippen LogP contribution is 2.15. The van der Waals surface area contributed by atoms with Gasteiger partial charge in [-0.2, -0.15) is 0 Å². The van der Waals surface area contributed by atoms with Crippen LogP contribution in [0.2, 0.25) is 0 Å². The number of benzene rings is 1. The predicted molar refractivity (Wildman–Crippen MR) is 72.1 cm³/mol. The molecule has 0 fully saturated rings. The van der Waals surface area contributed by atoms with E-state index in [-0.39, 0.29) is 18.0 Å². The minimum Gasteiger partial charge on any atom is -0.345 e. The average Bonchev–Trinajstić information content (AvgIpc) is 2.39. The molecular weight excluding hydrogens is 266 g/mol. The van der Waals surface area contributed by atoms with Gasteiger partial charge < -0.3 is 10.2 Å². The van der Waals surface area contributed by atoms with Crippen molar-refractivity contribution < 1.29 is 18.4 Å². The van der Waals surface area contributed by atoms with E-state index in [1.165, 1.54) is 4.90 Å². The van der Waals surface area contributed by atoms with Gasteiger partial charge in [0, 0.05) is 19.7 Å². The van der Waals surface area contributed by atoms with Gasteiger partial charge in [0.2, 0.25) is 11.8 Å². The number of amides is 2. The first-order chi connectivity index (χ1) is 9.43. The van der Waals surface area contributed by atoms with Crippen LogP contribution in [0.3, 0.4) is 0 Å². The zero-order chi connectivity index (χ0) is 15.1. The summed E-state index contributed by atoms with van der Waals surface area (Å²) in [5, 5.41) is 2.25. The molecule has 0 bridgehead atoms. The van der Waals surface area contributed by atoms with Crippen molar-refractivity contribution in [3.63, 3.8) is 0 Å². The molecule has 0 saturated heterocycles. The number of halogens is 2. The molecule has 0 spiro atoms. The normalized spacial score (nSPS) is 10.2. The Morgan fingerprint density at radius 2 is 2.00 bits per heavy atom. The van der Waals surface area contributed by atoms with Crippen molar-refractivity contribution in [1.82, 2.24) is 4.90 Å². The number of carbonyl (C=O) groups is 2. The number of carbonyl (C=O) groups excluding carboxylic acids is 2. The molecule has 0 heterocycles. The molecule has 4 nitrogen and oxygen atoms in total. The fraction of sp³-hybridized carbons (Fsp3) is 0.429. The number of rotatable bonds is 6. The summed E-state index contributed by atoms with van der Waals surface area (Å²) >= 11 is 0. The lowest BCUT2D eigenvalue weighted by Crippen LogP contribution is -2.31. The molecule has 1 rings (SSSR count).